The number of anilines is 2. The number of nitrogens with zero attached hydrogens (tertiary/aromatic N) is 4. The Morgan fingerprint density at radius 3 is 2.78 bits per heavy atom. The van der Waals surface area contributed by atoms with Crippen LogP contribution in [0.4, 0.5) is 11.4 Å². The van der Waals surface area contributed by atoms with E-state index in [0.717, 1.165) is 23.1 Å². The van der Waals surface area contributed by atoms with Crippen LogP contribution >= 0.6 is 11.6 Å². The lowest BCUT2D eigenvalue weighted by Gasteiger charge is -2.23. The van der Waals surface area contributed by atoms with E-state index in [1.54, 1.807) is 28.2 Å². The van der Waals surface area contributed by atoms with Crippen LogP contribution in [-0.2, 0) is 11.3 Å². The van der Waals surface area contributed by atoms with Crippen LogP contribution in [-0.4, -0.2) is 17.5 Å². The van der Waals surface area contributed by atoms with Gasteiger partial charge >= 0.3 is 0 Å². The van der Waals surface area contributed by atoms with E-state index in [4.69, 9.17) is 17.3 Å². The van der Waals surface area contributed by atoms with Gasteiger partial charge in [0.2, 0.25) is 0 Å². The Hall–Kier alpha value is -2.60. The molecular weight excluding hydrogens is 314 g/mol. The fraction of sp³-hybridized carbons (Fsp3) is 0.188. The molecule has 0 aromatic heterocycles. The Morgan fingerprint density at radius 2 is 2.09 bits per heavy atom. The van der Waals surface area contributed by atoms with E-state index in [2.05, 4.69) is 10.4 Å². The molecule has 1 atom stereocenters. The summed E-state index contributed by atoms with van der Waals surface area (Å²) in [6.07, 6.45) is 0.205. The Kier molecular flexibility index (Phi) is 4.16. The SMILES string of the molecule is Cc1cc(CN2N=NN(c3cccc(Cl)c3)C2C=O)ccc1N. The largest absolute Gasteiger partial charge is 0.399 e. The van der Waals surface area contributed by atoms with Gasteiger partial charge in [-0.05, 0) is 47.5 Å². The van der Waals surface area contributed by atoms with E-state index in [-0.39, 0.29) is 0 Å². The summed E-state index contributed by atoms with van der Waals surface area (Å²) >= 11 is 6.00. The normalized spacial score (nSPS) is 16.9. The van der Waals surface area contributed by atoms with Crippen molar-refractivity contribution in [1.29, 1.82) is 0 Å². The first-order chi connectivity index (χ1) is 11.1. The molecule has 0 radical (unpaired) electrons. The molecule has 3 rings (SSSR count). The monoisotopic (exact) mass is 329 g/mol. The van der Waals surface area contributed by atoms with Crippen LogP contribution in [0.3, 0.4) is 0 Å². The highest BCUT2D eigenvalue weighted by atomic mass is 35.5. The topological polar surface area (TPSA) is 74.3 Å². The number of aldehydes is 1. The number of nitrogens with two attached hydrogens (primary N) is 1. The minimum absolute atomic E-state index is 0.463. The molecule has 0 saturated carbocycles. The van der Waals surface area contributed by atoms with Crippen molar-refractivity contribution in [3.05, 3.63) is 58.6 Å². The summed E-state index contributed by atoms with van der Waals surface area (Å²) in [7, 11) is 0. The van der Waals surface area contributed by atoms with Crippen LogP contribution in [0, 0.1) is 6.92 Å². The summed E-state index contributed by atoms with van der Waals surface area (Å²) in [6.45, 7) is 2.41. The van der Waals surface area contributed by atoms with Gasteiger partial charge in [-0.1, -0.05) is 35.0 Å². The van der Waals surface area contributed by atoms with Gasteiger partial charge in [-0.3, -0.25) is 4.79 Å². The molecule has 23 heavy (non-hydrogen) atoms. The van der Waals surface area contributed by atoms with E-state index in [9.17, 15) is 4.79 Å². The number of rotatable bonds is 4. The van der Waals surface area contributed by atoms with Gasteiger partial charge in [0.15, 0.2) is 12.5 Å². The van der Waals surface area contributed by atoms with Crippen LogP contribution in [0.1, 0.15) is 11.1 Å². The predicted octanol–water partition coefficient (Wildman–Crippen LogP) is 3.36. The zero-order chi connectivity index (χ0) is 16.4. The summed E-state index contributed by atoms with van der Waals surface area (Å²) in [5.74, 6) is 0. The number of hydrogen-bond donors (Lipinski definition) is 1. The third-order valence-electron chi connectivity index (χ3n) is 3.68. The standard InChI is InChI=1S/C16H16ClN5O/c1-11-7-12(5-6-15(11)18)9-21-16(10-23)22(20-19-21)14-4-2-3-13(17)8-14/h2-8,10,16H,9,18H2,1H3. The molecule has 2 aromatic rings. The molecule has 0 bridgehead atoms. The van der Waals surface area contributed by atoms with E-state index in [1.807, 2.05) is 31.2 Å². The fourth-order valence-corrected chi connectivity index (χ4v) is 2.61. The first-order valence-electron chi connectivity index (χ1n) is 7.12. The molecule has 0 saturated heterocycles. The average Bonchev–Trinajstić information content (AvgIpc) is 2.93. The zero-order valence-electron chi connectivity index (χ0n) is 12.6. The summed E-state index contributed by atoms with van der Waals surface area (Å²) in [5.41, 5.74) is 9.29. The van der Waals surface area contributed by atoms with E-state index >= 15 is 0 Å². The van der Waals surface area contributed by atoms with Gasteiger partial charge in [-0.25, -0.2) is 10.0 Å². The number of nitrogen functional groups attached to an aromatic ring is 1. The van der Waals surface area contributed by atoms with Crippen LogP contribution < -0.4 is 10.7 Å². The summed E-state index contributed by atoms with van der Waals surface area (Å²) in [4.78, 5) is 11.5. The number of carbonyl (C=O) groups is 1. The fourth-order valence-electron chi connectivity index (χ4n) is 2.43. The lowest BCUT2D eigenvalue weighted by atomic mass is 10.1. The highest BCUT2D eigenvalue weighted by Crippen LogP contribution is 2.27. The molecule has 7 heteroatoms. The maximum absolute atomic E-state index is 11.5. The quantitative estimate of drug-likeness (QED) is 0.689. The van der Waals surface area contributed by atoms with Crippen LogP contribution in [0.2, 0.25) is 5.02 Å². The van der Waals surface area contributed by atoms with E-state index in [1.165, 1.54) is 0 Å². The van der Waals surface area contributed by atoms with Crippen molar-refractivity contribution in [2.24, 2.45) is 10.4 Å². The number of halogens is 1. The second kappa shape index (κ2) is 6.26. The Bertz CT molecular complexity index is 764. The third-order valence-corrected chi connectivity index (χ3v) is 3.92. The van der Waals surface area contributed by atoms with Gasteiger partial charge in [-0.2, -0.15) is 0 Å². The smallest absolute Gasteiger partial charge is 0.198 e. The summed E-state index contributed by atoms with van der Waals surface area (Å²) < 4.78 is 0. The maximum Gasteiger partial charge on any atom is 0.198 e. The molecule has 1 aliphatic heterocycles. The molecule has 2 N–H and O–H groups in total. The van der Waals surface area contributed by atoms with Crippen LogP contribution in [0.15, 0.2) is 52.9 Å². The second-order valence-corrected chi connectivity index (χ2v) is 5.78. The number of benzene rings is 2. The molecule has 1 unspecified atom stereocenters. The van der Waals surface area contributed by atoms with Gasteiger partial charge in [0.1, 0.15) is 0 Å². The van der Waals surface area contributed by atoms with Crippen LogP contribution in [0.5, 0.6) is 0 Å². The number of aryl methyl sites for hydroxylation is 1. The third kappa shape index (κ3) is 3.12. The molecule has 0 aliphatic carbocycles. The van der Waals surface area contributed by atoms with Crippen molar-refractivity contribution in [3.8, 4) is 0 Å². The predicted molar refractivity (Wildman–Crippen MR) is 89.8 cm³/mol. The molecule has 2 aromatic carbocycles. The first kappa shape index (κ1) is 15.3. The van der Waals surface area contributed by atoms with Crippen LogP contribution in [0.25, 0.3) is 0 Å². The first-order valence-corrected chi connectivity index (χ1v) is 7.49. The minimum atomic E-state index is -0.605. The number of carbonyl (C=O) groups excluding carboxylic acids is 1. The number of hydrogen-bond acceptors (Lipinski definition) is 6. The summed E-state index contributed by atoms with van der Waals surface area (Å²) in [6, 6.07) is 12.9. The average molecular weight is 330 g/mol. The van der Waals surface area contributed by atoms with Gasteiger partial charge in [0.25, 0.3) is 0 Å². The lowest BCUT2D eigenvalue weighted by molar-refractivity contribution is -0.111. The van der Waals surface area contributed by atoms with Gasteiger partial charge in [0, 0.05) is 10.7 Å². The van der Waals surface area contributed by atoms with Gasteiger partial charge in [0.05, 0.1) is 12.2 Å². The Morgan fingerprint density at radius 1 is 1.26 bits per heavy atom. The van der Waals surface area contributed by atoms with Crippen molar-refractivity contribution >= 4 is 29.3 Å². The molecule has 0 fully saturated rings. The molecule has 118 valence electrons. The van der Waals surface area contributed by atoms with Crippen molar-refractivity contribution < 1.29 is 4.79 Å². The van der Waals surface area contributed by atoms with Crippen molar-refractivity contribution in [1.82, 2.24) is 5.01 Å². The second-order valence-electron chi connectivity index (χ2n) is 5.34. The lowest BCUT2D eigenvalue weighted by Crippen LogP contribution is -2.39. The van der Waals surface area contributed by atoms with E-state index < -0.39 is 6.17 Å². The zero-order valence-corrected chi connectivity index (χ0v) is 13.3. The minimum Gasteiger partial charge on any atom is -0.399 e. The Balaban J connectivity index is 1.81. The molecule has 1 aliphatic rings. The van der Waals surface area contributed by atoms with Crippen molar-refractivity contribution in [2.75, 3.05) is 10.7 Å². The molecule has 0 amide bonds. The van der Waals surface area contributed by atoms with Gasteiger partial charge < -0.3 is 5.73 Å². The molecule has 0 spiro atoms. The van der Waals surface area contributed by atoms with Crippen molar-refractivity contribution in [2.45, 2.75) is 19.6 Å². The van der Waals surface area contributed by atoms with E-state index in [0.29, 0.717) is 17.3 Å². The maximum atomic E-state index is 11.5. The molecule has 1 heterocycles. The highest BCUT2D eigenvalue weighted by Gasteiger charge is 2.30. The Labute approximate surface area is 139 Å². The van der Waals surface area contributed by atoms with Crippen molar-refractivity contribution in [3.63, 3.8) is 0 Å². The highest BCUT2D eigenvalue weighted by molar-refractivity contribution is 6.30. The van der Waals surface area contributed by atoms with Gasteiger partial charge in [-0.15, -0.1) is 0 Å². The molecular formula is C16H16ClN5O. The summed E-state index contributed by atoms with van der Waals surface area (Å²) in [5, 5.41) is 11.9. The molecule has 6 nitrogen and oxygen atoms in total.